The predicted molar refractivity (Wildman–Crippen MR) is 111 cm³/mol. The number of thiazole rings is 1. The first-order valence-corrected chi connectivity index (χ1v) is 11.3. The second-order valence-corrected chi connectivity index (χ2v) is 9.54. The molecule has 1 aliphatic carbocycles. The minimum absolute atomic E-state index is 0.107. The Kier molecular flexibility index (Phi) is 5.09. The van der Waals surface area contributed by atoms with Crippen molar-refractivity contribution in [3.8, 4) is 0 Å². The van der Waals surface area contributed by atoms with E-state index in [-0.39, 0.29) is 10.8 Å². The van der Waals surface area contributed by atoms with Crippen LogP contribution in [0.25, 0.3) is 0 Å². The van der Waals surface area contributed by atoms with Crippen molar-refractivity contribution in [2.45, 2.75) is 24.2 Å². The van der Waals surface area contributed by atoms with Gasteiger partial charge < -0.3 is 0 Å². The SMILES string of the molecule is O=C(Nc1nc2c(s1)CCC2)c1ccc(NS(=O)(=O)c2ccc(Cl)cc2)cc1. The largest absolute Gasteiger partial charge is 0.298 e. The van der Waals surface area contributed by atoms with Crippen LogP contribution < -0.4 is 10.0 Å². The van der Waals surface area contributed by atoms with Gasteiger partial charge >= 0.3 is 0 Å². The molecule has 2 N–H and O–H groups in total. The Labute approximate surface area is 171 Å². The molecule has 1 aromatic heterocycles. The lowest BCUT2D eigenvalue weighted by molar-refractivity contribution is 0.102. The van der Waals surface area contributed by atoms with E-state index < -0.39 is 10.0 Å². The van der Waals surface area contributed by atoms with Crippen molar-refractivity contribution in [1.82, 2.24) is 4.98 Å². The van der Waals surface area contributed by atoms with E-state index in [9.17, 15) is 13.2 Å². The van der Waals surface area contributed by atoms with Gasteiger partial charge in [0.05, 0.1) is 10.6 Å². The Balaban J connectivity index is 1.44. The zero-order valence-corrected chi connectivity index (χ0v) is 17.0. The molecule has 0 saturated carbocycles. The Morgan fingerprint density at radius 3 is 2.43 bits per heavy atom. The minimum Gasteiger partial charge on any atom is -0.298 e. The molecule has 0 saturated heterocycles. The van der Waals surface area contributed by atoms with Crippen molar-refractivity contribution >= 4 is 49.7 Å². The number of hydrogen-bond acceptors (Lipinski definition) is 5. The van der Waals surface area contributed by atoms with Crippen LogP contribution in [0.4, 0.5) is 10.8 Å². The summed E-state index contributed by atoms with van der Waals surface area (Å²) in [6.07, 6.45) is 3.10. The third-order valence-corrected chi connectivity index (χ3v) is 7.06. The van der Waals surface area contributed by atoms with E-state index in [0.29, 0.717) is 21.4 Å². The fraction of sp³-hybridized carbons (Fsp3) is 0.158. The number of aryl methyl sites for hydroxylation is 2. The first kappa shape index (κ1) is 18.9. The summed E-state index contributed by atoms with van der Waals surface area (Å²) in [4.78, 5) is 18.2. The van der Waals surface area contributed by atoms with Gasteiger partial charge in [0.2, 0.25) is 0 Å². The molecule has 0 spiro atoms. The summed E-state index contributed by atoms with van der Waals surface area (Å²) < 4.78 is 27.3. The first-order valence-electron chi connectivity index (χ1n) is 8.59. The summed E-state index contributed by atoms with van der Waals surface area (Å²) in [5.74, 6) is -0.278. The molecule has 0 fully saturated rings. The molecular weight excluding hydrogens is 418 g/mol. The summed E-state index contributed by atoms with van der Waals surface area (Å²) in [5, 5.41) is 3.86. The fourth-order valence-corrected chi connectivity index (χ4v) is 5.16. The molecule has 0 atom stereocenters. The van der Waals surface area contributed by atoms with Crippen LogP contribution in [0, 0.1) is 0 Å². The van der Waals surface area contributed by atoms with E-state index in [0.717, 1.165) is 25.0 Å². The molecule has 0 aliphatic heterocycles. The van der Waals surface area contributed by atoms with E-state index in [4.69, 9.17) is 11.6 Å². The molecule has 0 radical (unpaired) electrons. The molecule has 1 amide bonds. The van der Waals surface area contributed by atoms with Gasteiger partial charge in [0.1, 0.15) is 0 Å². The van der Waals surface area contributed by atoms with E-state index in [1.54, 1.807) is 24.3 Å². The Morgan fingerprint density at radius 2 is 1.75 bits per heavy atom. The molecule has 1 aliphatic rings. The second-order valence-electron chi connectivity index (χ2n) is 6.33. The van der Waals surface area contributed by atoms with Gasteiger partial charge in [-0.05, 0) is 67.8 Å². The number of amides is 1. The molecule has 1 heterocycles. The maximum absolute atomic E-state index is 12.4. The molecule has 28 heavy (non-hydrogen) atoms. The van der Waals surface area contributed by atoms with Crippen LogP contribution in [-0.4, -0.2) is 19.3 Å². The van der Waals surface area contributed by atoms with Crippen molar-refractivity contribution < 1.29 is 13.2 Å². The smallest absolute Gasteiger partial charge is 0.261 e. The molecule has 0 bridgehead atoms. The number of fused-ring (bicyclic) bond motifs is 1. The molecule has 4 rings (SSSR count). The highest BCUT2D eigenvalue weighted by Crippen LogP contribution is 2.30. The van der Waals surface area contributed by atoms with Gasteiger partial charge in [0.15, 0.2) is 5.13 Å². The van der Waals surface area contributed by atoms with Crippen molar-refractivity contribution in [3.63, 3.8) is 0 Å². The van der Waals surface area contributed by atoms with E-state index in [2.05, 4.69) is 15.0 Å². The zero-order valence-electron chi connectivity index (χ0n) is 14.6. The van der Waals surface area contributed by atoms with Gasteiger partial charge in [-0.3, -0.25) is 14.8 Å². The average Bonchev–Trinajstić information content (AvgIpc) is 3.24. The van der Waals surface area contributed by atoms with Crippen LogP contribution in [0.15, 0.2) is 53.4 Å². The van der Waals surface area contributed by atoms with Crippen LogP contribution in [0.3, 0.4) is 0 Å². The number of nitrogens with one attached hydrogen (secondary N) is 2. The first-order chi connectivity index (χ1) is 13.4. The minimum atomic E-state index is -3.73. The number of aromatic nitrogens is 1. The normalized spacial score (nSPS) is 13.2. The number of nitrogens with zero attached hydrogens (tertiary/aromatic N) is 1. The highest BCUT2D eigenvalue weighted by Gasteiger charge is 2.18. The molecular formula is C19H16ClN3O3S2. The summed E-state index contributed by atoms with van der Waals surface area (Å²) in [7, 11) is -3.73. The lowest BCUT2D eigenvalue weighted by atomic mass is 10.2. The number of halogens is 1. The van der Waals surface area contributed by atoms with Crippen LogP contribution in [0.2, 0.25) is 5.02 Å². The zero-order chi connectivity index (χ0) is 19.7. The van der Waals surface area contributed by atoms with E-state index >= 15 is 0 Å². The molecule has 2 aromatic carbocycles. The third kappa shape index (κ3) is 4.04. The lowest BCUT2D eigenvalue weighted by Crippen LogP contribution is -2.14. The van der Waals surface area contributed by atoms with Gasteiger partial charge in [0, 0.05) is 21.2 Å². The Bertz CT molecular complexity index is 1100. The van der Waals surface area contributed by atoms with Gasteiger partial charge in [-0.15, -0.1) is 11.3 Å². The number of sulfonamides is 1. The number of anilines is 2. The highest BCUT2D eigenvalue weighted by atomic mass is 35.5. The van der Waals surface area contributed by atoms with Gasteiger partial charge in [-0.2, -0.15) is 0 Å². The van der Waals surface area contributed by atoms with Crippen LogP contribution in [0.5, 0.6) is 0 Å². The highest BCUT2D eigenvalue weighted by molar-refractivity contribution is 7.92. The van der Waals surface area contributed by atoms with Gasteiger partial charge in [0.25, 0.3) is 15.9 Å². The maximum Gasteiger partial charge on any atom is 0.261 e. The van der Waals surface area contributed by atoms with E-state index in [1.165, 1.54) is 40.5 Å². The number of carbonyl (C=O) groups is 1. The second kappa shape index (κ2) is 7.54. The number of benzene rings is 2. The summed E-state index contributed by atoms with van der Waals surface area (Å²) in [5.41, 5.74) is 1.86. The van der Waals surface area contributed by atoms with Crippen LogP contribution >= 0.6 is 22.9 Å². The van der Waals surface area contributed by atoms with Crippen LogP contribution in [-0.2, 0) is 22.9 Å². The van der Waals surface area contributed by atoms with Crippen molar-refractivity contribution in [3.05, 3.63) is 69.7 Å². The molecule has 9 heteroatoms. The summed E-state index contributed by atoms with van der Waals surface area (Å²) in [6.45, 7) is 0. The quantitative estimate of drug-likeness (QED) is 0.626. The van der Waals surface area contributed by atoms with Crippen molar-refractivity contribution in [2.75, 3.05) is 10.0 Å². The Morgan fingerprint density at radius 1 is 1.04 bits per heavy atom. The van der Waals surface area contributed by atoms with Gasteiger partial charge in [-0.1, -0.05) is 11.6 Å². The summed E-state index contributed by atoms with van der Waals surface area (Å²) in [6, 6.07) is 12.1. The fourth-order valence-electron chi connectivity index (χ4n) is 2.93. The Hall–Kier alpha value is -2.42. The monoisotopic (exact) mass is 433 g/mol. The van der Waals surface area contributed by atoms with Gasteiger partial charge in [-0.25, -0.2) is 13.4 Å². The van der Waals surface area contributed by atoms with Crippen molar-refractivity contribution in [2.24, 2.45) is 0 Å². The lowest BCUT2D eigenvalue weighted by Gasteiger charge is -2.09. The number of carbonyl (C=O) groups excluding carboxylic acids is 1. The van der Waals surface area contributed by atoms with E-state index in [1.807, 2.05) is 0 Å². The molecule has 6 nitrogen and oxygen atoms in total. The summed E-state index contributed by atoms with van der Waals surface area (Å²) >= 11 is 7.30. The standard InChI is InChI=1S/C19H16ClN3O3S2/c20-13-6-10-15(11-7-13)28(25,26)23-14-8-4-12(5-9-14)18(24)22-19-21-16-2-1-3-17(16)27-19/h4-11,23H,1-3H2,(H,21,22,24). The topological polar surface area (TPSA) is 88.2 Å². The molecule has 3 aromatic rings. The maximum atomic E-state index is 12.4. The van der Waals surface area contributed by atoms with Crippen molar-refractivity contribution in [1.29, 1.82) is 0 Å². The molecule has 144 valence electrons. The number of rotatable bonds is 5. The van der Waals surface area contributed by atoms with Crippen LogP contribution in [0.1, 0.15) is 27.3 Å². The predicted octanol–water partition coefficient (Wildman–Crippen LogP) is 4.34. The number of hydrogen-bond donors (Lipinski definition) is 2. The molecule has 0 unspecified atom stereocenters. The third-order valence-electron chi connectivity index (χ3n) is 4.34. The average molecular weight is 434 g/mol.